The molecule has 8 heavy (non-hydrogen) atoms. The summed E-state index contributed by atoms with van der Waals surface area (Å²) in [6.45, 7) is 5.48. The zero-order chi connectivity index (χ0) is 6.41. The second-order valence-electron chi connectivity index (χ2n) is 1.81. The summed E-state index contributed by atoms with van der Waals surface area (Å²) in [6, 6.07) is 0. The van der Waals surface area contributed by atoms with Crippen LogP contribution in [0.3, 0.4) is 0 Å². The normalized spacial score (nSPS) is 11.4. The van der Waals surface area contributed by atoms with Crippen LogP contribution in [0.2, 0.25) is 0 Å². The van der Waals surface area contributed by atoms with E-state index >= 15 is 0 Å². The van der Waals surface area contributed by atoms with Crippen molar-refractivity contribution in [1.82, 2.24) is 0 Å². The highest BCUT2D eigenvalue weighted by Crippen LogP contribution is 1.92. The maximum atomic E-state index is 5.36. The van der Waals surface area contributed by atoms with Gasteiger partial charge in [0.1, 0.15) is 0 Å². The molecule has 0 atom stereocenters. The van der Waals surface area contributed by atoms with Crippen LogP contribution in [0.1, 0.15) is 19.8 Å². The summed E-state index contributed by atoms with van der Waals surface area (Å²) in [5.41, 5.74) is 6.26. The number of allylic oxidation sites excluding steroid dienone is 3. The summed E-state index contributed by atoms with van der Waals surface area (Å²) >= 11 is 0. The van der Waals surface area contributed by atoms with Crippen molar-refractivity contribution in [3.8, 4) is 0 Å². The van der Waals surface area contributed by atoms with E-state index in [1.54, 1.807) is 0 Å². The van der Waals surface area contributed by atoms with E-state index in [0.717, 1.165) is 18.5 Å². The van der Waals surface area contributed by atoms with Crippen molar-refractivity contribution in [3.05, 3.63) is 24.4 Å². The fraction of sp³-hybridized carbons (Fsp3) is 0.429. The Morgan fingerprint density at radius 1 is 1.62 bits per heavy atom. The standard InChI is InChI=1S/C7H13N/c1-3-4-5-6-7(2)8/h3,6H,1,4-5,8H2,2H3/b7-6+. The van der Waals surface area contributed by atoms with E-state index in [4.69, 9.17) is 5.73 Å². The average molecular weight is 111 g/mol. The maximum Gasteiger partial charge on any atom is 0.000844 e. The monoisotopic (exact) mass is 111 g/mol. The molecule has 0 radical (unpaired) electrons. The van der Waals surface area contributed by atoms with E-state index in [-0.39, 0.29) is 0 Å². The molecule has 0 saturated heterocycles. The second kappa shape index (κ2) is 4.44. The molecule has 0 aromatic heterocycles. The molecule has 0 aromatic rings. The first-order valence-electron chi connectivity index (χ1n) is 2.80. The topological polar surface area (TPSA) is 26.0 Å². The smallest absolute Gasteiger partial charge is 0.000844 e. The fourth-order valence-corrected chi connectivity index (χ4v) is 0.429. The molecule has 0 aliphatic rings. The minimum Gasteiger partial charge on any atom is -0.403 e. The van der Waals surface area contributed by atoms with Crippen LogP contribution >= 0.6 is 0 Å². The van der Waals surface area contributed by atoms with Crippen molar-refractivity contribution in [3.63, 3.8) is 0 Å². The van der Waals surface area contributed by atoms with Crippen LogP contribution < -0.4 is 5.73 Å². The van der Waals surface area contributed by atoms with Gasteiger partial charge in [0.15, 0.2) is 0 Å². The van der Waals surface area contributed by atoms with Gasteiger partial charge in [0.25, 0.3) is 0 Å². The summed E-state index contributed by atoms with van der Waals surface area (Å²) in [6.07, 6.45) is 5.93. The van der Waals surface area contributed by atoms with Crippen LogP contribution in [0.4, 0.5) is 0 Å². The molecule has 0 saturated carbocycles. The molecule has 0 amide bonds. The zero-order valence-corrected chi connectivity index (χ0v) is 5.35. The molecule has 0 aliphatic carbocycles. The van der Waals surface area contributed by atoms with Gasteiger partial charge in [-0.05, 0) is 19.8 Å². The first kappa shape index (κ1) is 7.28. The molecular weight excluding hydrogens is 98.1 g/mol. The highest BCUT2D eigenvalue weighted by Gasteiger charge is 1.75. The van der Waals surface area contributed by atoms with Crippen molar-refractivity contribution >= 4 is 0 Å². The van der Waals surface area contributed by atoms with Crippen LogP contribution in [0.25, 0.3) is 0 Å². The predicted molar refractivity (Wildman–Crippen MR) is 37.4 cm³/mol. The molecule has 1 heteroatoms. The SMILES string of the molecule is C=CCC/C=C(\C)N. The molecule has 0 heterocycles. The van der Waals surface area contributed by atoms with Gasteiger partial charge >= 0.3 is 0 Å². The summed E-state index contributed by atoms with van der Waals surface area (Å²) in [5.74, 6) is 0. The molecule has 0 rings (SSSR count). The van der Waals surface area contributed by atoms with Crippen LogP contribution in [-0.4, -0.2) is 0 Å². The van der Waals surface area contributed by atoms with E-state index in [9.17, 15) is 0 Å². The van der Waals surface area contributed by atoms with E-state index in [1.807, 2.05) is 19.1 Å². The van der Waals surface area contributed by atoms with Crippen LogP contribution in [-0.2, 0) is 0 Å². The Kier molecular flexibility index (Phi) is 4.04. The van der Waals surface area contributed by atoms with E-state index in [1.165, 1.54) is 0 Å². The number of hydrogen-bond donors (Lipinski definition) is 1. The van der Waals surface area contributed by atoms with Crippen molar-refractivity contribution < 1.29 is 0 Å². The van der Waals surface area contributed by atoms with Gasteiger partial charge in [0, 0.05) is 5.70 Å². The minimum absolute atomic E-state index is 0.895. The summed E-state index contributed by atoms with van der Waals surface area (Å²) < 4.78 is 0. The Hall–Kier alpha value is -0.720. The highest BCUT2D eigenvalue weighted by molar-refractivity contribution is 4.92. The van der Waals surface area contributed by atoms with Crippen LogP contribution in [0.15, 0.2) is 24.4 Å². The lowest BCUT2D eigenvalue weighted by atomic mass is 10.3. The number of nitrogens with two attached hydrogens (primary N) is 1. The lowest BCUT2D eigenvalue weighted by molar-refractivity contribution is 1.03. The van der Waals surface area contributed by atoms with E-state index in [2.05, 4.69) is 6.58 Å². The van der Waals surface area contributed by atoms with Gasteiger partial charge in [0.2, 0.25) is 0 Å². The molecule has 2 N–H and O–H groups in total. The van der Waals surface area contributed by atoms with Crippen molar-refractivity contribution in [2.24, 2.45) is 5.73 Å². The van der Waals surface area contributed by atoms with E-state index in [0.29, 0.717) is 0 Å². The van der Waals surface area contributed by atoms with Crippen LogP contribution in [0, 0.1) is 0 Å². The maximum absolute atomic E-state index is 5.36. The number of hydrogen-bond acceptors (Lipinski definition) is 1. The number of unbranched alkanes of at least 4 members (excludes halogenated alkanes) is 1. The Morgan fingerprint density at radius 2 is 2.25 bits per heavy atom. The predicted octanol–water partition coefficient (Wildman–Crippen LogP) is 1.82. The lowest BCUT2D eigenvalue weighted by Crippen LogP contribution is -1.88. The Balaban J connectivity index is 3.15. The average Bonchev–Trinajstić information content (AvgIpc) is 1.66. The molecule has 46 valence electrons. The van der Waals surface area contributed by atoms with E-state index < -0.39 is 0 Å². The second-order valence-corrected chi connectivity index (χ2v) is 1.81. The quantitative estimate of drug-likeness (QED) is 0.436. The summed E-state index contributed by atoms with van der Waals surface area (Å²) in [4.78, 5) is 0. The third-order valence-corrected chi connectivity index (χ3v) is 0.837. The Bertz CT molecular complexity index is 88.6. The molecule has 0 aliphatic heterocycles. The number of rotatable bonds is 3. The van der Waals surface area contributed by atoms with Gasteiger partial charge in [-0.3, -0.25) is 0 Å². The molecule has 0 aromatic carbocycles. The third kappa shape index (κ3) is 5.28. The lowest BCUT2D eigenvalue weighted by Gasteiger charge is -1.87. The van der Waals surface area contributed by atoms with Gasteiger partial charge < -0.3 is 5.73 Å². The van der Waals surface area contributed by atoms with Crippen LogP contribution in [0.5, 0.6) is 0 Å². The summed E-state index contributed by atoms with van der Waals surface area (Å²) in [5, 5.41) is 0. The van der Waals surface area contributed by atoms with Gasteiger partial charge in [-0.1, -0.05) is 12.2 Å². The molecule has 0 fully saturated rings. The first-order valence-corrected chi connectivity index (χ1v) is 2.80. The van der Waals surface area contributed by atoms with Gasteiger partial charge in [-0.15, -0.1) is 6.58 Å². The minimum atomic E-state index is 0.895. The highest BCUT2D eigenvalue weighted by atomic mass is 14.5. The van der Waals surface area contributed by atoms with Gasteiger partial charge in [0.05, 0.1) is 0 Å². The molecule has 0 unspecified atom stereocenters. The largest absolute Gasteiger partial charge is 0.403 e. The Labute approximate surface area is 50.9 Å². The molecule has 0 spiro atoms. The third-order valence-electron chi connectivity index (χ3n) is 0.837. The van der Waals surface area contributed by atoms with Crippen molar-refractivity contribution in [2.45, 2.75) is 19.8 Å². The molecule has 1 nitrogen and oxygen atoms in total. The first-order chi connectivity index (χ1) is 3.77. The Morgan fingerprint density at radius 3 is 2.62 bits per heavy atom. The zero-order valence-electron chi connectivity index (χ0n) is 5.35. The van der Waals surface area contributed by atoms with Gasteiger partial charge in [-0.2, -0.15) is 0 Å². The van der Waals surface area contributed by atoms with Gasteiger partial charge in [-0.25, -0.2) is 0 Å². The molecular formula is C7H13N. The summed E-state index contributed by atoms with van der Waals surface area (Å²) in [7, 11) is 0. The van der Waals surface area contributed by atoms with Crippen molar-refractivity contribution in [2.75, 3.05) is 0 Å². The fourth-order valence-electron chi connectivity index (χ4n) is 0.429. The van der Waals surface area contributed by atoms with Crippen molar-refractivity contribution in [1.29, 1.82) is 0 Å². The molecule has 0 bridgehead atoms.